The molecule has 0 aliphatic rings. The Bertz CT molecular complexity index is 1040. The Morgan fingerprint density at radius 3 is 2.63 bits per heavy atom. The highest BCUT2D eigenvalue weighted by Crippen LogP contribution is 2.33. The molecule has 0 unspecified atom stereocenters. The molecule has 0 radical (unpaired) electrons. The molecule has 140 valence electrons. The minimum absolute atomic E-state index is 0.105. The quantitative estimate of drug-likeness (QED) is 0.450. The van der Waals surface area contributed by atoms with E-state index in [0.717, 1.165) is 22.5 Å². The lowest BCUT2D eigenvalue weighted by atomic mass is 10.3. The van der Waals surface area contributed by atoms with Crippen LogP contribution in [0.15, 0.2) is 70.3 Å². The molecule has 2 aromatic heterocycles. The molecule has 0 spiro atoms. The second-order valence-electron chi connectivity index (χ2n) is 5.37. The molecular formula is C17H15N3O6S. The first-order chi connectivity index (χ1) is 12.9. The van der Waals surface area contributed by atoms with Gasteiger partial charge in [0.25, 0.3) is 15.7 Å². The predicted molar refractivity (Wildman–Crippen MR) is 96.0 cm³/mol. The number of anilines is 1. The Morgan fingerprint density at radius 2 is 2.04 bits per heavy atom. The summed E-state index contributed by atoms with van der Waals surface area (Å²) in [5.74, 6) is 0.448. The average molecular weight is 389 g/mol. The molecule has 10 heteroatoms. The van der Waals surface area contributed by atoms with Crippen LogP contribution in [0.4, 0.5) is 11.5 Å². The Balaban J connectivity index is 2.12. The summed E-state index contributed by atoms with van der Waals surface area (Å²) in [5, 5.41) is 11.0. The number of hydrogen-bond acceptors (Lipinski definition) is 7. The third-order valence-electron chi connectivity index (χ3n) is 3.71. The predicted octanol–water partition coefficient (Wildman–Crippen LogP) is 2.99. The standard InChI is InChI=1S/C17H15N3O6S/c1-25-15-11-13(20(21)22)7-8-16(15)27(23,24)19(12-14-5-4-10-26-14)17-6-2-3-9-18-17/h2-11H,12H2,1H3. The molecule has 0 amide bonds. The number of nitrogens with zero attached hydrogens (tertiary/aromatic N) is 3. The van der Waals surface area contributed by atoms with E-state index < -0.39 is 14.9 Å². The SMILES string of the molecule is COc1cc([N+](=O)[O-])ccc1S(=O)(=O)N(Cc1ccco1)c1ccccn1. The molecule has 0 aliphatic heterocycles. The zero-order valence-electron chi connectivity index (χ0n) is 14.2. The number of methoxy groups -OCH3 is 1. The summed E-state index contributed by atoms with van der Waals surface area (Å²) in [6.45, 7) is -0.105. The molecule has 2 heterocycles. The molecule has 27 heavy (non-hydrogen) atoms. The Labute approximate surface area is 155 Å². The lowest BCUT2D eigenvalue weighted by molar-refractivity contribution is -0.385. The van der Waals surface area contributed by atoms with Gasteiger partial charge in [0.05, 0.1) is 30.9 Å². The second kappa shape index (κ2) is 7.46. The van der Waals surface area contributed by atoms with Crippen molar-refractivity contribution in [2.24, 2.45) is 0 Å². The number of hydrogen-bond donors (Lipinski definition) is 0. The lowest BCUT2D eigenvalue weighted by Crippen LogP contribution is -2.31. The molecule has 3 aromatic rings. The summed E-state index contributed by atoms with van der Waals surface area (Å²) < 4.78 is 38.0. The molecule has 0 N–H and O–H groups in total. The van der Waals surface area contributed by atoms with E-state index in [0.29, 0.717) is 5.76 Å². The molecule has 0 bridgehead atoms. The first-order valence-corrected chi connectivity index (χ1v) is 9.16. The van der Waals surface area contributed by atoms with Gasteiger partial charge in [-0.05, 0) is 30.3 Å². The second-order valence-corrected chi connectivity index (χ2v) is 7.20. The maximum atomic E-state index is 13.3. The number of nitro groups is 1. The van der Waals surface area contributed by atoms with Crippen molar-refractivity contribution in [2.45, 2.75) is 11.4 Å². The van der Waals surface area contributed by atoms with Gasteiger partial charge in [-0.15, -0.1) is 0 Å². The van der Waals surface area contributed by atoms with Gasteiger partial charge in [0.15, 0.2) is 0 Å². The van der Waals surface area contributed by atoms with Crippen LogP contribution in [0.5, 0.6) is 5.75 Å². The van der Waals surface area contributed by atoms with E-state index in [1.807, 2.05) is 0 Å². The van der Waals surface area contributed by atoms with Crippen LogP contribution in [0.3, 0.4) is 0 Å². The Hall–Kier alpha value is -3.40. The van der Waals surface area contributed by atoms with Gasteiger partial charge in [0.2, 0.25) is 0 Å². The molecule has 0 saturated carbocycles. The van der Waals surface area contributed by atoms with E-state index in [1.54, 1.807) is 30.3 Å². The van der Waals surface area contributed by atoms with Crippen LogP contribution in [0, 0.1) is 10.1 Å². The molecule has 3 rings (SSSR count). The number of benzene rings is 1. The van der Waals surface area contributed by atoms with E-state index in [-0.39, 0.29) is 28.7 Å². The van der Waals surface area contributed by atoms with Crippen molar-refractivity contribution in [1.82, 2.24) is 4.98 Å². The van der Waals surface area contributed by atoms with Gasteiger partial charge < -0.3 is 9.15 Å². The summed E-state index contributed by atoms with van der Waals surface area (Å²) >= 11 is 0. The number of ether oxygens (including phenoxy) is 1. The third kappa shape index (κ3) is 3.75. The number of nitro benzene ring substituents is 1. The van der Waals surface area contributed by atoms with Crippen LogP contribution < -0.4 is 9.04 Å². The first-order valence-electron chi connectivity index (χ1n) is 7.72. The summed E-state index contributed by atoms with van der Waals surface area (Å²) in [6.07, 6.45) is 2.90. The van der Waals surface area contributed by atoms with E-state index in [4.69, 9.17) is 9.15 Å². The summed E-state index contributed by atoms with van der Waals surface area (Å²) in [6, 6.07) is 11.5. The van der Waals surface area contributed by atoms with Crippen LogP contribution in [0.1, 0.15) is 5.76 Å². The van der Waals surface area contributed by atoms with Gasteiger partial charge >= 0.3 is 0 Å². The van der Waals surface area contributed by atoms with Crippen molar-refractivity contribution in [2.75, 3.05) is 11.4 Å². The number of non-ortho nitro benzene ring substituents is 1. The van der Waals surface area contributed by atoms with E-state index in [9.17, 15) is 18.5 Å². The van der Waals surface area contributed by atoms with Crippen molar-refractivity contribution >= 4 is 21.5 Å². The fraction of sp³-hybridized carbons (Fsp3) is 0.118. The van der Waals surface area contributed by atoms with Gasteiger partial charge in [-0.1, -0.05) is 6.07 Å². The van der Waals surface area contributed by atoms with Crippen molar-refractivity contribution < 1.29 is 22.5 Å². The Morgan fingerprint density at radius 1 is 1.22 bits per heavy atom. The lowest BCUT2D eigenvalue weighted by Gasteiger charge is -2.23. The molecular weight excluding hydrogens is 374 g/mol. The van der Waals surface area contributed by atoms with Crippen LogP contribution in [-0.2, 0) is 16.6 Å². The van der Waals surface area contributed by atoms with Crippen LogP contribution >= 0.6 is 0 Å². The average Bonchev–Trinajstić information content (AvgIpc) is 3.19. The first kappa shape index (κ1) is 18.4. The van der Waals surface area contributed by atoms with Gasteiger partial charge in [0, 0.05) is 12.3 Å². The monoisotopic (exact) mass is 389 g/mol. The summed E-state index contributed by atoms with van der Waals surface area (Å²) in [5.41, 5.74) is -0.277. The van der Waals surface area contributed by atoms with Crippen LogP contribution in [-0.4, -0.2) is 25.4 Å². The fourth-order valence-corrected chi connectivity index (χ4v) is 3.96. The molecule has 0 aliphatic carbocycles. The van der Waals surface area contributed by atoms with Crippen molar-refractivity contribution in [3.63, 3.8) is 0 Å². The van der Waals surface area contributed by atoms with Crippen molar-refractivity contribution in [3.05, 3.63) is 76.9 Å². The fourth-order valence-electron chi connectivity index (χ4n) is 2.44. The topological polar surface area (TPSA) is 116 Å². The number of furan rings is 1. The van der Waals surface area contributed by atoms with Crippen molar-refractivity contribution in [1.29, 1.82) is 0 Å². The van der Waals surface area contributed by atoms with Gasteiger partial charge in [-0.25, -0.2) is 17.7 Å². The summed E-state index contributed by atoms with van der Waals surface area (Å²) in [7, 11) is -2.91. The van der Waals surface area contributed by atoms with Gasteiger partial charge in [0.1, 0.15) is 22.2 Å². The van der Waals surface area contributed by atoms with Gasteiger partial charge in [-0.3, -0.25) is 10.1 Å². The number of aromatic nitrogens is 1. The molecule has 9 nitrogen and oxygen atoms in total. The van der Waals surface area contributed by atoms with E-state index >= 15 is 0 Å². The molecule has 0 atom stereocenters. The van der Waals surface area contributed by atoms with Crippen molar-refractivity contribution in [3.8, 4) is 5.75 Å². The van der Waals surface area contributed by atoms with E-state index in [2.05, 4.69) is 4.98 Å². The molecule has 0 saturated heterocycles. The summed E-state index contributed by atoms with van der Waals surface area (Å²) in [4.78, 5) is 14.2. The number of pyridine rings is 1. The van der Waals surface area contributed by atoms with Crippen LogP contribution in [0.25, 0.3) is 0 Å². The Kier molecular flexibility index (Phi) is 5.08. The van der Waals surface area contributed by atoms with Crippen LogP contribution in [0.2, 0.25) is 0 Å². The molecule has 0 fully saturated rings. The normalized spacial score (nSPS) is 11.1. The molecule has 1 aromatic carbocycles. The maximum absolute atomic E-state index is 13.3. The largest absolute Gasteiger partial charge is 0.495 e. The smallest absolute Gasteiger partial charge is 0.273 e. The van der Waals surface area contributed by atoms with Gasteiger partial charge in [-0.2, -0.15) is 0 Å². The minimum Gasteiger partial charge on any atom is -0.495 e. The maximum Gasteiger partial charge on any atom is 0.273 e. The highest BCUT2D eigenvalue weighted by molar-refractivity contribution is 7.92. The highest BCUT2D eigenvalue weighted by Gasteiger charge is 2.31. The third-order valence-corrected chi connectivity index (χ3v) is 5.50. The van der Waals surface area contributed by atoms with E-state index in [1.165, 1.54) is 19.6 Å². The highest BCUT2D eigenvalue weighted by atomic mass is 32.2. The minimum atomic E-state index is -4.15. The number of rotatable bonds is 7. The zero-order chi connectivity index (χ0) is 19.4. The zero-order valence-corrected chi connectivity index (χ0v) is 15.0. The number of sulfonamides is 1.